The van der Waals surface area contributed by atoms with Crippen LogP contribution in [0.3, 0.4) is 0 Å². The van der Waals surface area contributed by atoms with E-state index in [1.54, 1.807) is 7.05 Å². The summed E-state index contributed by atoms with van der Waals surface area (Å²) in [6.07, 6.45) is 2.40. The van der Waals surface area contributed by atoms with Gasteiger partial charge >= 0.3 is 5.97 Å². The number of rotatable bonds is 7. The normalized spacial score (nSPS) is 18.3. The van der Waals surface area contributed by atoms with Crippen LogP contribution in [0.5, 0.6) is 0 Å². The highest BCUT2D eigenvalue weighted by atomic mass is 16.5. The van der Waals surface area contributed by atoms with Crippen LogP contribution in [0.15, 0.2) is 30.3 Å². The van der Waals surface area contributed by atoms with Crippen molar-refractivity contribution in [3.63, 3.8) is 0 Å². The first-order valence-electron chi connectivity index (χ1n) is 6.24. The maximum absolute atomic E-state index is 11.6. The Balaban J connectivity index is 2.13. The Bertz CT molecular complexity index is 403. The number of nitrogens with one attached hydrogen (secondary N) is 1. The average molecular weight is 249 g/mol. The van der Waals surface area contributed by atoms with Crippen molar-refractivity contribution >= 4 is 5.97 Å². The number of likely N-dealkylation sites (N-methyl/N-ethyl adjacent to an activating group) is 1. The minimum Gasteiger partial charge on any atom is -0.480 e. The molecule has 1 aromatic carbocycles. The topological polar surface area (TPSA) is 58.6 Å². The molecule has 1 saturated carbocycles. The molecular formula is C14H19NO3. The molecule has 4 heteroatoms. The maximum Gasteiger partial charge on any atom is 0.330 e. The minimum absolute atomic E-state index is 0.152. The summed E-state index contributed by atoms with van der Waals surface area (Å²) in [5.41, 5.74) is -0.438. The van der Waals surface area contributed by atoms with E-state index in [4.69, 9.17) is 4.74 Å². The van der Waals surface area contributed by atoms with Crippen LogP contribution in [0.25, 0.3) is 0 Å². The Morgan fingerprint density at radius 2 is 2.11 bits per heavy atom. The molecule has 1 aliphatic carbocycles. The number of ether oxygens (including phenoxy) is 1. The van der Waals surface area contributed by atoms with Gasteiger partial charge in [0.25, 0.3) is 0 Å². The van der Waals surface area contributed by atoms with Gasteiger partial charge in [-0.2, -0.15) is 0 Å². The van der Waals surface area contributed by atoms with Crippen LogP contribution in [0.2, 0.25) is 0 Å². The Morgan fingerprint density at radius 3 is 2.61 bits per heavy atom. The van der Waals surface area contributed by atoms with E-state index in [1.165, 1.54) is 12.8 Å². The van der Waals surface area contributed by atoms with Crippen LogP contribution < -0.4 is 5.32 Å². The highest BCUT2D eigenvalue weighted by molar-refractivity contribution is 5.81. The summed E-state index contributed by atoms with van der Waals surface area (Å²) in [7, 11) is 1.65. The van der Waals surface area contributed by atoms with E-state index in [1.807, 2.05) is 30.3 Å². The molecule has 1 fully saturated rings. The van der Waals surface area contributed by atoms with Gasteiger partial charge in [0.15, 0.2) is 5.54 Å². The van der Waals surface area contributed by atoms with Crippen molar-refractivity contribution in [3.8, 4) is 0 Å². The van der Waals surface area contributed by atoms with Crippen molar-refractivity contribution < 1.29 is 14.6 Å². The number of hydrogen-bond acceptors (Lipinski definition) is 3. The van der Waals surface area contributed by atoms with Crippen LogP contribution in [-0.4, -0.2) is 31.3 Å². The van der Waals surface area contributed by atoms with Crippen molar-refractivity contribution in [3.05, 3.63) is 35.9 Å². The third-order valence-electron chi connectivity index (χ3n) is 3.43. The van der Waals surface area contributed by atoms with E-state index in [0.717, 1.165) is 5.56 Å². The highest BCUT2D eigenvalue weighted by Gasteiger charge is 2.39. The van der Waals surface area contributed by atoms with E-state index in [-0.39, 0.29) is 6.61 Å². The molecule has 1 aromatic rings. The van der Waals surface area contributed by atoms with Crippen LogP contribution in [0, 0.1) is 5.92 Å². The lowest BCUT2D eigenvalue weighted by atomic mass is 9.91. The summed E-state index contributed by atoms with van der Waals surface area (Å²) in [6, 6.07) is 9.17. The van der Waals surface area contributed by atoms with Gasteiger partial charge < -0.3 is 9.84 Å². The highest BCUT2D eigenvalue weighted by Crippen LogP contribution is 2.30. The molecule has 0 bridgehead atoms. The van der Waals surface area contributed by atoms with E-state index < -0.39 is 11.5 Å². The maximum atomic E-state index is 11.6. The standard InChI is InChI=1S/C14H19NO3/c1-15-14(13(16)17,10-18-9-11-7-8-11)12-5-3-2-4-6-12/h2-6,11,15H,7-10H2,1H3,(H,16,17). The first kappa shape index (κ1) is 13.1. The molecule has 1 aliphatic rings. The Labute approximate surface area is 107 Å². The fraction of sp³-hybridized carbons (Fsp3) is 0.500. The van der Waals surface area contributed by atoms with Gasteiger partial charge in [0.05, 0.1) is 6.61 Å². The summed E-state index contributed by atoms with van der Waals surface area (Å²) in [5, 5.41) is 12.4. The zero-order chi connectivity index (χ0) is 13.0. The first-order valence-corrected chi connectivity index (χ1v) is 6.24. The van der Waals surface area contributed by atoms with Crippen LogP contribution in [-0.2, 0) is 15.1 Å². The smallest absolute Gasteiger partial charge is 0.330 e. The molecule has 1 atom stereocenters. The Kier molecular flexibility index (Phi) is 3.99. The quantitative estimate of drug-likeness (QED) is 0.771. The van der Waals surface area contributed by atoms with Crippen molar-refractivity contribution in [2.45, 2.75) is 18.4 Å². The number of carboxylic acids is 1. The Morgan fingerprint density at radius 1 is 1.44 bits per heavy atom. The molecular weight excluding hydrogens is 230 g/mol. The first-order chi connectivity index (χ1) is 8.69. The molecule has 18 heavy (non-hydrogen) atoms. The monoisotopic (exact) mass is 249 g/mol. The zero-order valence-electron chi connectivity index (χ0n) is 10.6. The van der Waals surface area contributed by atoms with Gasteiger partial charge in [-0.15, -0.1) is 0 Å². The molecule has 2 N–H and O–H groups in total. The van der Waals surface area contributed by atoms with E-state index in [2.05, 4.69) is 5.32 Å². The van der Waals surface area contributed by atoms with Gasteiger partial charge in [0.1, 0.15) is 0 Å². The summed E-state index contributed by atoms with van der Waals surface area (Å²) in [5.74, 6) is -0.281. The fourth-order valence-electron chi connectivity index (χ4n) is 1.98. The predicted molar refractivity (Wildman–Crippen MR) is 68.4 cm³/mol. The molecule has 0 heterocycles. The molecule has 1 unspecified atom stereocenters. The van der Waals surface area contributed by atoms with Gasteiger partial charge in [0, 0.05) is 6.61 Å². The molecule has 0 saturated heterocycles. The third-order valence-corrected chi connectivity index (χ3v) is 3.43. The predicted octanol–water partition coefficient (Wildman–Crippen LogP) is 1.61. The second-order valence-electron chi connectivity index (χ2n) is 4.79. The summed E-state index contributed by atoms with van der Waals surface area (Å²) in [6.45, 7) is 0.808. The Hall–Kier alpha value is -1.39. The van der Waals surface area contributed by atoms with Crippen LogP contribution >= 0.6 is 0 Å². The molecule has 4 nitrogen and oxygen atoms in total. The third kappa shape index (κ3) is 2.71. The lowest BCUT2D eigenvalue weighted by Crippen LogP contribution is -2.51. The molecule has 0 aliphatic heterocycles. The number of hydrogen-bond donors (Lipinski definition) is 2. The largest absolute Gasteiger partial charge is 0.480 e. The number of carboxylic acid groups (broad SMARTS) is 1. The summed E-state index contributed by atoms with van der Waals surface area (Å²) in [4.78, 5) is 11.6. The van der Waals surface area contributed by atoms with Crippen molar-refractivity contribution in [2.75, 3.05) is 20.3 Å². The van der Waals surface area contributed by atoms with Gasteiger partial charge in [-0.1, -0.05) is 30.3 Å². The minimum atomic E-state index is -1.16. The molecule has 0 radical (unpaired) electrons. The molecule has 0 aromatic heterocycles. The SMILES string of the molecule is CNC(COCC1CC1)(C(=O)O)c1ccccc1. The van der Waals surface area contributed by atoms with Gasteiger partial charge in [0.2, 0.25) is 0 Å². The lowest BCUT2D eigenvalue weighted by molar-refractivity contribution is -0.148. The lowest BCUT2D eigenvalue weighted by Gasteiger charge is -2.29. The number of aliphatic carboxylic acids is 1. The van der Waals surface area contributed by atoms with Gasteiger partial charge in [-0.25, -0.2) is 4.79 Å². The van der Waals surface area contributed by atoms with Crippen LogP contribution in [0.1, 0.15) is 18.4 Å². The molecule has 98 valence electrons. The van der Waals surface area contributed by atoms with E-state index >= 15 is 0 Å². The van der Waals surface area contributed by atoms with Gasteiger partial charge in [-0.3, -0.25) is 5.32 Å². The molecule has 0 amide bonds. The van der Waals surface area contributed by atoms with E-state index in [0.29, 0.717) is 12.5 Å². The van der Waals surface area contributed by atoms with Crippen molar-refractivity contribution in [1.29, 1.82) is 0 Å². The zero-order valence-corrected chi connectivity index (χ0v) is 10.6. The second kappa shape index (κ2) is 5.50. The summed E-state index contributed by atoms with van der Waals surface area (Å²) >= 11 is 0. The average Bonchev–Trinajstić information content (AvgIpc) is 3.20. The van der Waals surface area contributed by atoms with Crippen molar-refractivity contribution in [2.24, 2.45) is 5.92 Å². The van der Waals surface area contributed by atoms with Crippen LogP contribution in [0.4, 0.5) is 0 Å². The fourth-order valence-corrected chi connectivity index (χ4v) is 1.98. The second-order valence-corrected chi connectivity index (χ2v) is 4.79. The number of benzene rings is 1. The van der Waals surface area contributed by atoms with E-state index in [9.17, 15) is 9.90 Å². The number of carbonyl (C=O) groups is 1. The molecule has 0 spiro atoms. The van der Waals surface area contributed by atoms with Crippen molar-refractivity contribution in [1.82, 2.24) is 5.32 Å². The van der Waals surface area contributed by atoms with Gasteiger partial charge in [-0.05, 0) is 31.4 Å². The summed E-state index contributed by atoms with van der Waals surface area (Å²) < 4.78 is 5.59. The molecule has 2 rings (SSSR count).